The third kappa shape index (κ3) is 1.09. The van der Waals surface area contributed by atoms with Crippen molar-refractivity contribution in [1.82, 2.24) is 4.98 Å². The van der Waals surface area contributed by atoms with E-state index in [1.807, 2.05) is 18.2 Å². The van der Waals surface area contributed by atoms with Crippen LogP contribution in [0, 0.1) is 0 Å². The summed E-state index contributed by atoms with van der Waals surface area (Å²) in [5.41, 5.74) is 0.938. The van der Waals surface area contributed by atoms with Gasteiger partial charge in [0.05, 0.1) is 7.85 Å². The van der Waals surface area contributed by atoms with Crippen LogP contribution in [0.3, 0.4) is 0 Å². The maximum absolute atomic E-state index is 5.29. The average molecular weight is 103 g/mol. The second-order valence-electron chi connectivity index (χ2n) is 1.53. The smallest absolute Gasteiger partial charge is 0.0738 e. The van der Waals surface area contributed by atoms with Gasteiger partial charge in [-0.05, 0) is 18.5 Å². The van der Waals surface area contributed by atoms with E-state index in [0.29, 0.717) is 6.32 Å². The highest BCUT2D eigenvalue weighted by atomic mass is 14.6. The van der Waals surface area contributed by atoms with Gasteiger partial charge in [-0.2, -0.15) is 0 Å². The lowest BCUT2D eigenvalue weighted by Crippen LogP contribution is -1.85. The Kier molecular flexibility index (Phi) is 1.68. The fourth-order valence-corrected chi connectivity index (χ4v) is 0.519. The van der Waals surface area contributed by atoms with Crippen LogP contribution in [0.25, 0.3) is 0 Å². The maximum Gasteiger partial charge on any atom is 0.0738 e. The van der Waals surface area contributed by atoms with Crippen LogP contribution >= 0.6 is 0 Å². The molecule has 0 aliphatic heterocycles. The van der Waals surface area contributed by atoms with Crippen molar-refractivity contribution in [3.8, 4) is 0 Å². The van der Waals surface area contributed by atoms with Crippen molar-refractivity contribution in [2.75, 3.05) is 0 Å². The van der Waals surface area contributed by atoms with Crippen LogP contribution in [-0.2, 0) is 6.32 Å². The predicted molar refractivity (Wildman–Crippen MR) is 33.7 cm³/mol. The van der Waals surface area contributed by atoms with Gasteiger partial charge >= 0.3 is 0 Å². The summed E-state index contributed by atoms with van der Waals surface area (Å²) < 4.78 is 0. The Bertz CT molecular complexity index is 150. The van der Waals surface area contributed by atoms with E-state index in [4.69, 9.17) is 7.85 Å². The van der Waals surface area contributed by atoms with Crippen molar-refractivity contribution < 1.29 is 0 Å². The number of nitrogens with zero attached hydrogens (tertiary/aromatic N) is 1. The lowest BCUT2D eigenvalue weighted by atomic mass is 10.0. The summed E-state index contributed by atoms with van der Waals surface area (Å²) in [5, 5.41) is 0. The Balaban J connectivity index is 2.83. The fraction of sp³-hybridized carbons (Fsp3) is 0.167. The molecule has 0 spiro atoms. The summed E-state index contributed by atoms with van der Waals surface area (Å²) in [6.45, 7) is 0. The molecule has 1 aromatic rings. The molecule has 0 unspecified atom stereocenters. The highest BCUT2D eigenvalue weighted by molar-refractivity contribution is 6.08. The van der Waals surface area contributed by atoms with Crippen LogP contribution in [0.15, 0.2) is 24.4 Å². The monoisotopic (exact) mass is 103 g/mol. The molecule has 0 amide bonds. The minimum Gasteiger partial charge on any atom is -0.262 e. The molecule has 0 N–H and O–H groups in total. The quantitative estimate of drug-likeness (QED) is 0.478. The number of rotatable bonds is 1. The first-order chi connectivity index (χ1) is 3.93. The van der Waals surface area contributed by atoms with Crippen LogP contribution in [0.2, 0.25) is 0 Å². The predicted octanol–water partition coefficient (Wildman–Crippen LogP) is 0.750. The zero-order valence-corrected chi connectivity index (χ0v) is 4.54. The van der Waals surface area contributed by atoms with E-state index in [1.54, 1.807) is 6.20 Å². The Morgan fingerprint density at radius 2 is 2.38 bits per heavy atom. The normalized spacial score (nSPS) is 9.00. The molecule has 0 atom stereocenters. The van der Waals surface area contributed by atoms with Gasteiger partial charge in [0.2, 0.25) is 0 Å². The van der Waals surface area contributed by atoms with E-state index in [2.05, 4.69) is 4.98 Å². The fourth-order valence-electron chi connectivity index (χ4n) is 0.519. The summed E-state index contributed by atoms with van der Waals surface area (Å²) >= 11 is 0. The van der Waals surface area contributed by atoms with E-state index in [0.717, 1.165) is 5.69 Å². The molecule has 0 bridgehead atoms. The summed E-state index contributed by atoms with van der Waals surface area (Å²) in [6, 6.07) is 5.70. The molecule has 0 saturated carbocycles. The first kappa shape index (κ1) is 5.35. The molecule has 0 aliphatic carbocycles. The maximum atomic E-state index is 5.29. The third-order valence-corrected chi connectivity index (χ3v) is 0.935. The first-order valence-corrected chi connectivity index (χ1v) is 2.53. The number of hydrogen-bond acceptors (Lipinski definition) is 1. The molecule has 1 rings (SSSR count). The van der Waals surface area contributed by atoms with E-state index in [-0.39, 0.29) is 0 Å². The summed E-state index contributed by atoms with van der Waals surface area (Å²) in [7, 11) is 5.29. The standard InChI is InChI=1S/C6H6BN/c7-5-6-3-1-2-4-8-6/h1-4H,5H2. The summed E-state index contributed by atoms with van der Waals surface area (Å²) in [6.07, 6.45) is 2.27. The van der Waals surface area contributed by atoms with Crippen LogP contribution in [0.1, 0.15) is 5.69 Å². The topological polar surface area (TPSA) is 12.9 Å². The minimum atomic E-state index is 0.529. The van der Waals surface area contributed by atoms with Gasteiger partial charge in [0.15, 0.2) is 0 Å². The molecular weight excluding hydrogens is 96.9 g/mol. The first-order valence-electron chi connectivity index (χ1n) is 2.53. The van der Waals surface area contributed by atoms with Crippen LogP contribution in [-0.4, -0.2) is 12.8 Å². The van der Waals surface area contributed by atoms with Gasteiger partial charge in [0, 0.05) is 11.9 Å². The molecule has 38 valence electrons. The zero-order chi connectivity index (χ0) is 5.82. The Hall–Kier alpha value is -0.785. The van der Waals surface area contributed by atoms with Crippen molar-refractivity contribution in [2.45, 2.75) is 6.32 Å². The van der Waals surface area contributed by atoms with E-state index in [9.17, 15) is 0 Å². The minimum absolute atomic E-state index is 0.529. The molecule has 0 aliphatic rings. The SMILES string of the molecule is [B]Cc1ccccn1. The highest BCUT2D eigenvalue weighted by Crippen LogP contribution is 1.89. The van der Waals surface area contributed by atoms with Crippen LogP contribution < -0.4 is 0 Å². The van der Waals surface area contributed by atoms with E-state index in [1.165, 1.54) is 0 Å². The molecule has 1 aromatic heterocycles. The summed E-state index contributed by atoms with van der Waals surface area (Å²) in [4.78, 5) is 3.97. The van der Waals surface area contributed by atoms with Gasteiger partial charge in [-0.3, -0.25) is 4.98 Å². The van der Waals surface area contributed by atoms with Crippen molar-refractivity contribution in [3.63, 3.8) is 0 Å². The second-order valence-corrected chi connectivity index (χ2v) is 1.53. The van der Waals surface area contributed by atoms with Gasteiger partial charge in [-0.25, -0.2) is 0 Å². The van der Waals surface area contributed by atoms with Crippen LogP contribution in [0.4, 0.5) is 0 Å². The molecule has 1 heterocycles. The van der Waals surface area contributed by atoms with Gasteiger partial charge < -0.3 is 0 Å². The molecule has 0 aromatic carbocycles. The number of pyridine rings is 1. The molecule has 1 nitrogen and oxygen atoms in total. The van der Waals surface area contributed by atoms with Crippen LogP contribution in [0.5, 0.6) is 0 Å². The van der Waals surface area contributed by atoms with Crippen molar-refractivity contribution in [3.05, 3.63) is 30.1 Å². The van der Waals surface area contributed by atoms with Crippen molar-refractivity contribution in [2.24, 2.45) is 0 Å². The van der Waals surface area contributed by atoms with Crippen molar-refractivity contribution in [1.29, 1.82) is 0 Å². The highest BCUT2D eigenvalue weighted by Gasteiger charge is 1.81. The molecule has 8 heavy (non-hydrogen) atoms. The second kappa shape index (κ2) is 2.50. The van der Waals surface area contributed by atoms with Gasteiger partial charge in [-0.1, -0.05) is 6.07 Å². The average Bonchev–Trinajstić information content (AvgIpc) is 1.90. The van der Waals surface area contributed by atoms with Gasteiger partial charge in [0.25, 0.3) is 0 Å². The molecule has 2 radical (unpaired) electrons. The molecule has 0 fully saturated rings. The Labute approximate surface area is 50.2 Å². The van der Waals surface area contributed by atoms with E-state index >= 15 is 0 Å². The molecule has 0 saturated heterocycles. The molecule has 2 heteroatoms. The third-order valence-electron chi connectivity index (χ3n) is 0.935. The van der Waals surface area contributed by atoms with Gasteiger partial charge in [-0.15, -0.1) is 0 Å². The zero-order valence-electron chi connectivity index (χ0n) is 4.54. The molecular formula is C6H6BN. The number of hydrogen-bond donors (Lipinski definition) is 0. The largest absolute Gasteiger partial charge is 0.262 e. The number of aromatic nitrogens is 1. The van der Waals surface area contributed by atoms with Gasteiger partial charge in [0.1, 0.15) is 0 Å². The lowest BCUT2D eigenvalue weighted by molar-refractivity contribution is 1.17. The van der Waals surface area contributed by atoms with E-state index < -0.39 is 0 Å². The Morgan fingerprint density at radius 3 is 2.75 bits per heavy atom. The lowest BCUT2D eigenvalue weighted by Gasteiger charge is -1.88. The Morgan fingerprint density at radius 1 is 1.50 bits per heavy atom. The van der Waals surface area contributed by atoms with Crippen molar-refractivity contribution >= 4 is 7.85 Å². The summed E-state index contributed by atoms with van der Waals surface area (Å²) in [5.74, 6) is 0.